The fourth-order valence-electron chi connectivity index (χ4n) is 2.77. The van der Waals surface area contributed by atoms with Crippen LogP contribution in [-0.4, -0.2) is 27.5 Å². The summed E-state index contributed by atoms with van der Waals surface area (Å²) in [5.41, 5.74) is 2.28. The van der Waals surface area contributed by atoms with Crippen LogP contribution in [0.15, 0.2) is 42.7 Å². The SMILES string of the molecule is O=C(CSCc1ccc(-n2cccn2)cc1)NC1CCCC1. The van der Waals surface area contributed by atoms with Crippen molar-refractivity contribution in [3.8, 4) is 5.69 Å². The monoisotopic (exact) mass is 315 g/mol. The van der Waals surface area contributed by atoms with Gasteiger partial charge in [-0.25, -0.2) is 4.68 Å². The minimum absolute atomic E-state index is 0.171. The van der Waals surface area contributed by atoms with Gasteiger partial charge in [0.15, 0.2) is 0 Å². The van der Waals surface area contributed by atoms with Gasteiger partial charge in [0.05, 0.1) is 11.4 Å². The smallest absolute Gasteiger partial charge is 0.230 e. The topological polar surface area (TPSA) is 46.9 Å². The van der Waals surface area contributed by atoms with E-state index >= 15 is 0 Å². The van der Waals surface area contributed by atoms with Gasteiger partial charge in [-0.15, -0.1) is 11.8 Å². The Morgan fingerprint density at radius 2 is 2.05 bits per heavy atom. The molecule has 4 nitrogen and oxygen atoms in total. The molecule has 2 aromatic rings. The molecule has 1 aromatic heterocycles. The van der Waals surface area contributed by atoms with Crippen LogP contribution in [0.1, 0.15) is 31.2 Å². The molecule has 0 bridgehead atoms. The Hall–Kier alpha value is -1.75. The number of benzene rings is 1. The van der Waals surface area contributed by atoms with E-state index in [0.717, 1.165) is 24.3 Å². The zero-order chi connectivity index (χ0) is 15.2. The highest BCUT2D eigenvalue weighted by molar-refractivity contribution is 7.99. The van der Waals surface area contributed by atoms with Crippen LogP contribution in [0.25, 0.3) is 5.69 Å². The summed E-state index contributed by atoms with van der Waals surface area (Å²) in [5, 5.41) is 7.33. The molecule has 5 heteroatoms. The summed E-state index contributed by atoms with van der Waals surface area (Å²) < 4.78 is 1.84. The van der Waals surface area contributed by atoms with Gasteiger partial charge in [-0.05, 0) is 36.6 Å². The van der Waals surface area contributed by atoms with Crippen molar-refractivity contribution in [2.45, 2.75) is 37.5 Å². The number of hydrogen-bond donors (Lipinski definition) is 1. The lowest BCUT2D eigenvalue weighted by Crippen LogP contribution is -2.33. The minimum atomic E-state index is 0.171. The number of hydrogen-bond acceptors (Lipinski definition) is 3. The van der Waals surface area contributed by atoms with Crippen LogP contribution in [0, 0.1) is 0 Å². The van der Waals surface area contributed by atoms with E-state index in [2.05, 4.69) is 34.7 Å². The summed E-state index contributed by atoms with van der Waals surface area (Å²) in [4.78, 5) is 11.9. The van der Waals surface area contributed by atoms with Gasteiger partial charge in [0.2, 0.25) is 5.91 Å². The second kappa shape index (κ2) is 7.49. The molecule has 1 N–H and O–H groups in total. The Kier molecular flexibility index (Phi) is 5.16. The lowest BCUT2D eigenvalue weighted by atomic mass is 10.2. The zero-order valence-electron chi connectivity index (χ0n) is 12.6. The van der Waals surface area contributed by atoms with Crippen LogP contribution in [-0.2, 0) is 10.5 Å². The number of aromatic nitrogens is 2. The molecule has 1 heterocycles. The van der Waals surface area contributed by atoms with Crippen molar-refractivity contribution in [3.05, 3.63) is 48.3 Å². The van der Waals surface area contributed by atoms with Gasteiger partial charge in [0, 0.05) is 24.2 Å². The van der Waals surface area contributed by atoms with E-state index in [1.165, 1.54) is 18.4 Å². The molecular weight excluding hydrogens is 294 g/mol. The van der Waals surface area contributed by atoms with E-state index in [1.807, 2.05) is 16.9 Å². The van der Waals surface area contributed by atoms with Crippen LogP contribution < -0.4 is 5.32 Å². The van der Waals surface area contributed by atoms with Gasteiger partial charge in [-0.1, -0.05) is 25.0 Å². The fourth-order valence-corrected chi connectivity index (χ4v) is 3.57. The van der Waals surface area contributed by atoms with Gasteiger partial charge in [0.25, 0.3) is 0 Å². The van der Waals surface area contributed by atoms with E-state index in [0.29, 0.717) is 11.8 Å². The Morgan fingerprint density at radius 1 is 1.27 bits per heavy atom. The number of nitrogens with one attached hydrogen (secondary N) is 1. The molecule has 1 aliphatic rings. The molecule has 0 radical (unpaired) electrons. The van der Waals surface area contributed by atoms with Crippen LogP contribution in [0.4, 0.5) is 0 Å². The van der Waals surface area contributed by atoms with E-state index in [-0.39, 0.29) is 5.91 Å². The van der Waals surface area contributed by atoms with Crippen LogP contribution in [0.3, 0.4) is 0 Å². The number of carbonyl (C=O) groups is 1. The van der Waals surface area contributed by atoms with E-state index in [1.54, 1.807) is 18.0 Å². The predicted octanol–water partition coefficient (Wildman–Crippen LogP) is 3.16. The van der Waals surface area contributed by atoms with Crippen molar-refractivity contribution in [1.29, 1.82) is 0 Å². The number of thioether (sulfide) groups is 1. The summed E-state index contributed by atoms with van der Waals surface area (Å²) in [6, 6.07) is 10.6. The summed E-state index contributed by atoms with van der Waals surface area (Å²) in [5.74, 6) is 1.57. The lowest BCUT2D eigenvalue weighted by Gasteiger charge is -2.11. The maximum absolute atomic E-state index is 11.9. The number of carbonyl (C=O) groups excluding carboxylic acids is 1. The average Bonchev–Trinajstić information content (AvgIpc) is 3.21. The average molecular weight is 315 g/mol. The van der Waals surface area contributed by atoms with E-state index in [4.69, 9.17) is 0 Å². The molecule has 1 fully saturated rings. The molecule has 1 aliphatic carbocycles. The van der Waals surface area contributed by atoms with Crippen molar-refractivity contribution in [1.82, 2.24) is 15.1 Å². The Bertz CT molecular complexity index is 589. The second-order valence-electron chi connectivity index (χ2n) is 5.66. The first-order chi connectivity index (χ1) is 10.8. The molecule has 0 spiro atoms. The van der Waals surface area contributed by atoms with E-state index < -0.39 is 0 Å². The summed E-state index contributed by atoms with van der Waals surface area (Å²) in [7, 11) is 0. The third-order valence-corrected chi connectivity index (χ3v) is 4.93. The first kappa shape index (κ1) is 15.2. The third kappa shape index (κ3) is 4.13. The van der Waals surface area contributed by atoms with Crippen molar-refractivity contribution in [2.24, 2.45) is 0 Å². The zero-order valence-corrected chi connectivity index (χ0v) is 13.4. The molecule has 0 aliphatic heterocycles. The standard InChI is InChI=1S/C17H21N3OS/c21-17(19-15-4-1-2-5-15)13-22-12-14-6-8-16(9-7-14)20-11-3-10-18-20/h3,6-11,15H,1-2,4-5,12-13H2,(H,19,21). The summed E-state index contributed by atoms with van der Waals surface area (Å²) in [6.07, 6.45) is 8.49. The fraction of sp³-hybridized carbons (Fsp3) is 0.412. The normalized spacial score (nSPS) is 15.1. The maximum Gasteiger partial charge on any atom is 0.230 e. The molecule has 1 amide bonds. The molecule has 3 rings (SSSR count). The van der Waals surface area contributed by atoms with Gasteiger partial charge in [-0.3, -0.25) is 4.79 Å². The molecule has 22 heavy (non-hydrogen) atoms. The molecule has 1 aromatic carbocycles. The molecule has 1 saturated carbocycles. The molecule has 0 saturated heterocycles. The largest absolute Gasteiger partial charge is 0.353 e. The van der Waals surface area contributed by atoms with Gasteiger partial charge >= 0.3 is 0 Å². The predicted molar refractivity (Wildman–Crippen MR) is 90.1 cm³/mol. The van der Waals surface area contributed by atoms with Crippen LogP contribution in [0.2, 0.25) is 0 Å². The van der Waals surface area contributed by atoms with Crippen LogP contribution in [0.5, 0.6) is 0 Å². The van der Waals surface area contributed by atoms with Crippen molar-refractivity contribution < 1.29 is 4.79 Å². The Balaban J connectivity index is 1.42. The quantitative estimate of drug-likeness (QED) is 0.890. The van der Waals surface area contributed by atoms with Gasteiger partial charge < -0.3 is 5.32 Å². The van der Waals surface area contributed by atoms with Crippen molar-refractivity contribution >= 4 is 17.7 Å². The highest BCUT2D eigenvalue weighted by Gasteiger charge is 2.16. The molecule has 0 unspecified atom stereocenters. The maximum atomic E-state index is 11.9. The Labute approximate surface area is 135 Å². The van der Waals surface area contributed by atoms with Crippen molar-refractivity contribution in [2.75, 3.05) is 5.75 Å². The highest BCUT2D eigenvalue weighted by atomic mass is 32.2. The highest BCUT2D eigenvalue weighted by Crippen LogP contribution is 2.18. The van der Waals surface area contributed by atoms with Crippen molar-refractivity contribution in [3.63, 3.8) is 0 Å². The third-order valence-electron chi connectivity index (χ3n) is 3.93. The summed E-state index contributed by atoms with van der Waals surface area (Å²) in [6.45, 7) is 0. The van der Waals surface area contributed by atoms with E-state index in [9.17, 15) is 4.79 Å². The first-order valence-electron chi connectivity index (χ1n) is 7.77. The molecule has 116 valence electrons. The summed E-state index contributed by atoms with van der Waals surface area (Å²) >= 11 is 1.67. The second-order valence-corrected chi connectivity index (χ2v) is 6.64. The van der Waals surface area contributed by atoms with Gasteiger partial charge in [0.1, 0.15) is 0 Å². The minimum Gasteiger partial charge on any atom is -0.353 e. The molecule has 0 atom stereocenters. The Morgan fingerprint density at radius 3 is 2.73 bits per heavy atom. The number of rotatable bonds is 6. The number of amides is 1. The first-order valence-corrected chi connectivity index (χ1v) is 8.93. The van der Waals surface area contributed by atoms with Gasteiger partial charge in [-0.2, -0.15) is 5.10 Å². The lowest BCUT2D eigenvalue weighted by molar-refractivity contribution is -0.119. The van der Waals surface area contributed by atoms with Crippen LogP contribution >= 0.6 is 11.8 Å². The number of nitrogens with zero attached hydrogens (tertiary/aromatic N) is 2. The molecular formula is C17H21N3OS.